The highest BCUT2D eigenvalue weighted by atomic mass is 16.5. The Labute approximate surface area is 116 Å². The maximum Gasteiger partial charge on any atom is 0.326 e. The molecule has 20 heavy (non-hydrogen) atoms. The molecule has 1 heterocycles. The maximum absolute atomic E-state index is 11.6. The molecule has 4 N–H and O–H groups in total. The van der Waals surface area contributed by atoms with Crippen molar-refractivity contribution >= 4 is 12.0 Å². The summed E-state index contributed by atoms with van der Waals surface area (Å²) in [4.78, 5) is 29.3. The molecule has 2 amide bonds. The van der Waals surface area contributed by atoms with Crippen molar-refractivity contribution in [1.29, 1.82) is 0 Å². The summed E-state index contributed by atoms with van der Waals surface area (Å²) in [7, 11) is 0. The van der Waals surface area contributed by atoms with Gasteiger partial charge in [0.05, 0.1) is 12.4 Å². The molecule has 2 atom stereocenters. The number of rotatable bonds is 8. The average molecular weight is 284 g/mol. The zero-order valence-electron chi connectivity index (χ0n) is 11.5. The number of hydrogen-bond acceptors (Lipinski definition) is 4. The second kappa shape index (κ2) is 8.16. The van der Waals surface area contributed by atoms with Crippen LogP contribution >= 0.6 is 0 Å². The topological polar surface area (TPSA) is 116 Å². The van der Waals surface area contributed by atoms with E-state index < -0.39 is 18.0 Å². The molecule has 0 aliphatic carbocycles. The Hall–Kier alpha value is -2.09. The molecule has 0 aromatic carbocycles. The zero-order valence-corrected chi connectivity index (χ0v) is 11.5. The van der Waals surface area contributed by atoms with Crippen molar-refractivity contribution in [2.45, 2.75) is 32.4 Å². The molecule has 0 aliphatic rings. The van der Waals surface area contributed by atoms with E-state index in [4.69, 9.17) is 9.84 Å². The number of nitrogens with zero attached hydrogens (tertiary/aromatic N) is 1. The average Bonchev–Trinajstić information content (AvgIpc) is 2.89. The van der Waals surface area contributed by atoms with Crippen LogP contribution in [0.3, 0.4) is 0 Å². The predicted molar refractivity (Wildman–Crippen MR) is 71.3 cm³/mol. The highest BCUT2D eigenvalue weighted by molar-refractivity contribution is 5.82. The molecule has 0 spiro atoms. The second-order valence-corrected chi connectivity index (χ2v) is 4.29. The van der Waals surface area contributed by atoms with E-state index in [2.05, 4.69) is 20.6 Å². The Kier molecular flexibility index (Phi) is 6.51. The van der Waals surface area contributed by atoms with Crippen molar-refractivity contribution < 1.29 is 19.4 Å². The summed E-state index contributed by atoms with van der Waals surface area (Å²) in [6, 6.07) is -1.55. The Balaban J connectivity index is 2.41. The van der Waals surface area contributed by atoms with Crippen LogP contribution in [0, 0.1) is 0 Å². The van der Waals surface area contributed by atoms with Gasteiger partial charge in [0, 0.05) is 31.5 Å². The maximum atomic E-state index is 11.6. The Morgan fingerprint density at radius 3 is 2.85 bits per heavy atom. The van der Waals surface area contributed by atoms with Crippen LogP contribution in [0.5, 0.6) is 0 Å². The van der Waals surface area contributed by atoms with Crippen molar-refractivity contribution in [3.63, 3.8) is 0 Å². The van der Waals surface area contributed by atoms with Crippen molar-refractivity contribution in [2.75, 3.05) is 13.2 Å². The minimum Gasteiger partial charge on any atom is -0.480 e. The summed E-state index contributed by atoms with van der Waals surface area (Å²) in [6.45, 7) is 4.56. The molecule has 8 heteroatoms. The van der Waals surface area contributed by atoms with Gasteiger partial charge in [-0.25, -0.2) is 14.6 Å². The molecular formula is C12H20N4O4. The monoisotopic (exact) mass is 284 g/mol. The van der Waals surface area contributed by atoms with Crippen LogP contribution < -0.4 is 10.6 Å². The van der Waals surface area contributed by atoms with Crippen LogP contribution in [0.25, 0.3) is 0 Å². The molecule has 8 nitrogen and oxygen atoms in total. The molecule has 0 saturated heterocycles. The number of hydrogen-bond donors (Lipinski definition) is 4. The van der Waals surface area contributed by atoms with Crippen molar-refractivity contribution in [3.05, 3.63) is 18.2 Å². The van der Waals surface area contributed by atoms with Crippen LogP contribution in [-0.4, -0.2) is 52.4 Å². The first-order valence-corrected chi connectivity index (χ1v) is 6.39. The third-order valence-corrected chi connectivity index (χ3v) is 2.58. The lowest BCUT2D eigenvalue weighted by molar-refractivity contribution is -0.139. The molecule has 0 fully saturated rings. The lowest BCUT2D eigenvalue weighted by Crippen LogP contribution is -2.48. The van der Waals surface area contributed by atoms with Crippen LogP contribution in [0.15, 0.2) is 12.5 Å². The van der Waals surface area contributed by atoms with Gasteiger partial charge < -0.3 is 25.5 Å². The number of aliphatic carboxylic acids is 1. The number of ether oxygens (including phenoxy) is 1. The van der Waals surface area contributed by atoms with Crippen LogP contribution in [0.1, 0.15) is 19.5 Å². The van der Waals surface area contributed by atoms with Crippen molar-refractivity contribution in [3.8, 4) is 0 Å². The zero-order chi connectivity index (χ0) is 15.0. The number of carbonyl (C=O) groups is 2. The number of imidazole rings is 1. The molecule has 0 bridgehead atoms. The summed E-state index contributed by atoms with van der Waals surface area (Å²) in [5, 5.41) is 14.0. The number of aromatic amines is 1. The lowest BCUT2D eigenvalue weighted by Gasteiger charge is -2.16. The fourth-order valence-electron chi connectivity index (χ4n) is 1.61. The van der Waals surface area contributed by atoms with E-state index in [0.717, 1.165) is 0 Å². The molecule has 1 aromatic heterocycles. The fraction of sp³-hybridized carbons (Fsp3) is 0.583. The highest BCUT2D eigenvalue weighted by Gasteiger charge is 2.21. The van der Waals surface area contributed by atoms with Crippen molar-refractivity contribution in [2.24, 2.45) is 0 Å². The smallest absolute Gasteiger partial charge is 0.326 e. The van der Waals surface area contributed by atoms with Gasteiger partial charge in [-0.2, -0.15) is 0 Å². The van der Waals surface area contributed by atoms with Crippen molar-refractivity contribution in [1.82, 2.24) is 20.6 Å². The van der Waals surface area contributed by atoms with Crippen LogP contribution in [0.4, 0.5) is 4.79 Å². The number of carboxylic acids is 1. The molecule has 112 valence electrons. The third kappa shape index (κ3) is 5.70. The summed E-state index contributed by atoms with van der Waals surface area (Å²) < 4.78 is 5.26. The minimum atomic E-state index is -1.10. The second-order valence-electron chi connectivity index (χ2n) is 4.29. The van der Waals surface area contributed by atoms with Gasteiger partial charge in [-0.3, -0.25) is 0 Å². The SMILES string of the molecule is CCOC(C)CNC(=O)N[C@@H](Cc1cnc[nH]1)C(=O)O. The van der Waals surface area contributed by atoms with Gasteiger partial charge in [-0.1, -0.05) is 0 Å². The van der Waals surface area contributed by atoms with E-state index in [9.17, 15) is 9.59 Å². The molecule has 0 radical (unpaired) electrons. The summed E-state index contributed by atoms with van der Waals surface area (Å²) in [5.41, 5.74) is 0.639. The highest BCUT2D eigenvalue weighted by Crippen LogP contribution is 1.98. The van der Waals surface area contributed by atoms with Gasteiger partial charge in [0.15, 0.2) is 0 Å². The van der Waals surface area contributed by atoms with Gasteiger partial charge in [0.2, 0.25) is 0 Å². The largest absolute Gasteiger partial charge is 0.480 e. The number of carboxylic acid groups (broad SMARTS) is 1. The normalized spacial score (nSPS) is 13.5. The number of aromatic nitrogens is 2. The quantitative estimate of drug-likeness (QED) is 0.541. The first-order chi connectivity index (χ1) is 9.52. The molecule has 1 aromatic rings. The minimum absolute atomic E-state index is 0.123. The molecular weight excluding hydrogens is 264 g/mol. The van der Waals surface area contributed by atoms with E-state index in [-0.39, 0.29) is 12.5 Å². The van der Waals surface area contributed by atoms with E-state index in [0.29, 0.717) is 18.8 Å². The van der Waals surface area contributed by atoms with Gasteiger partial charge >= 0.3 is 12.0 Å². The summed E-state index contributed by atoms with van der Waals surface area (Å²) in [5.74, 6) is -1.10. The van der Waals surface area contributed by atoms with Crippen LogP contribution in [-0.2, 0) is 16.0 Å². The molecule has 1 unspecified atom stereocenters. The van der Waals surface area contributed by atoms with Gasteiger partial charge in [0.25, 0.3) is 0 Å². The van der Waals surface area contributed by atoms with Gasteiger partial charge in [0.1, 0.15) is 6.04 Å². The predicted octanol–water partition coefficient (Wildman–Crippen LogP) is 0.130. The Bertz CT molecular complexity index is 421. The summed E-state index contributed by atoms with van der Waals surface area (Å²) in [6.07, 6.45) is 3.00. The Morgan fingerprint density at radius 2 is 2.30 bits per heavy atom. The van der Waals surface area contributed by atoms with Gasteiger partial charge in [-0.05, 0) is 13.8 Å². The number of nitrogens with one attached hydrogen (secondary N) is 3. The van der Waals surface area contributed by atoms with E-state index in [1.165, 1.54) is 12.5 Å². The van der Waals surface area contributed by atoms with E-state index in [1.807, 2.05) is 13.8 Å². The number of urea groups is 1. The molecule has 1 rings (SSSR count). The first-order valence-electron chi connectivity index (χ1n) is 6.39. The number of amides is 2. The molecule has 0 saturated carbocycles. The van der Waals surface area contributed by atoms with E-state index >= 15 is 0 Å². The molecule has 0 aliphatic heterocycles. The first kappa shape index (κ1) is 16.0. The fourth-order valence-corrected chi connectivity index (χ4v) is 1.61. The van der Waals surface area contributed by atoms with E-state index in [1.54, 1.807) is 0 Å². The third-order valence-electron chi connectivity index (χ3n) is 2.58. The van der Waals surface area contributed by atoms with Crippen LogP contribution in [0.2, 0.25) is 0 Å². The summed E-state index contributed by atoms with van der Waals surface area (Å²) >= 11 is 0. The lowest BCUT2D eigenvalue weighted by atomic mass is 10.2. The standard InChI is InChI=1S/C12H20N4O4/c1-3-20-8(2)5-14-12(19)16-10(11(17)18)4-9-6-13-7-15-9/h6-8,10H,3-5H2,1-2H3,(H,13,15)(H,17,18)(H2,14,16,19)/t8?,10-/m0/s1. The number of H-pyrrole nitrogens is 1. The van der Waals surface area contributed by atoms with Gasteiger partial charge in [-0.15, -0.1) is 0 Å². The number of carbonyl (C=O) groups excluding carboxylic acids is 1. The Morgan fingerprint density at radius 1 is 1.55 bits per heavy atom.